The number of ether oxygens (including phenoxy) is 3. The maximum Gasteiger partial charge on any atom is 0.340 e. The number of carbonyl (C=O) groups is 1. The lowest BCUT2D eigenvalue weighted by Gasteiger charge is -2.32. The van der Waals surface area contributed by atoms with Crippen LogP contribution in [0.25, 0.3) is 0 Å². The van der Waals surface area contributed by atoms with E-state index in [9.17, 15) is 9.18 Å². The van der Waals surface area contributed by atoms with Gasteiger partial charge in [0.1, 0.15) is 16.6 Å². The molecule has 2 fully saturated rings. The number of nitrogens with zero attached hydrogens (tertiary/aromatic N) is 2. The Balaban J connectivity index is 1.30. The van der Waals surface area contributed by atoms with E-state index in [-0.39, 0.29) is 5.56 Å². The molecule has 0 atom stereocenters. The molecular weight excluding hydrogens is 447 g/mol. The number of rotatable bonds is 9. The Kier molecular flexibility index (Phi) is 7.71. The third-order valence-corrected chi connectivity index (χ3v) is 6.53. The fourth-order valence-corrected chi connectivity index (χ4v) is 4.49. The highest BCUT2D eigenvalue weighted by molar-refractivity contribution is 6.31. The van der Waals surface area contributed by atoms with Crippen molar-refractivity contribution in [1.29, 1.82) is 0 Å². The molecule has 1 saturated heterocycles. The van der Waals surface area contributed by atoms with Gasteiger partial charge in [0.2, 0.25) is 5.88 Å². The minimum absolute atomic E-state index is 0.0241. The van der Waals surface area contributed by atoms with Crippen molar-refractivity contribution in [2.45, 2.75) is 45.1 Å². The van der Waals surface area contributed by atoms with Crippen LogP contribution in [-0.4, -0.2) is 49.3 Å². The Morgan fingerprint density at radius 2 is 1.94 bits per heavy atom. The van der Waals surface area contributed by atoms with Crippen LogP contribution < -0.4 is 9.47 Å². The van der Waals surface area contributed by atoms with E-state index in [2.05, 4.69) is 9.88 Å². The first kappa shape index (κ1) is 23.8. The number of hydrogen-bond donors (Lipinski definition) is 0. The third kappa shape index (κ3) is 5.95. The summed E-state index contributed by atoms with van der Waals surface area (Å²) in [6, 6.07) is 4.87. The summed E-state index contributed by atoms with van der Waals surface area (Å²) in [6.45, 7) is 5.67. The van der Waals surface area contributed by atoms with Crippen molar-refractivity contribution in [2.24, 2.45) is 5.92 Å². The Labute approximate surface area is 199 Å². The van der Waals surface area contributed by atoms with Crippen molar-refractivity contribution < 1.29 is 23.4 Å². The predicted octanol–water partition coefficient (Wildman–Crippen LogP) is 5.23. The summed E-state index contributed by atoms with van der Waals surface area (Å²) < 4.78 is 30.6. The monoisotopic (exact) mass is 476 g/mol. The molecular formula is C25H30ClFN2O4. The van der Waals surface area contributed by atoms with Crippen LogP contribution in [0.2, 0.25) is 5.02 Å². The van der Waals surface area contributed by atoms with Gasteiger partial charge in [-0.1, -0.05) is 11.6 Å². The van der Waals surface area contributed by atoms with E-state index in [0.717, 1.165) is 56.4 Å². The minimum Gasteiger partial charge on any atom is -0.493 e. The highest BCUT2D eigenvalue weighted by Gasteiger charge is 2.30. The first-order valence-corrected chi connectivity index (χ1v) is 11.9. The smallest absolute Gasteiger partial charge is 0.340 e. The highest BCUT2D eigenvalue weighted by Crippen LogP contribution is 2.45. The second-order valence-electron chi connectivity index (χ2n) is 8.73. The lowest BCUT2D eigenvalue weighted by Crippen LogP contribution is -2.35. The lowest BCUT2D eigenvalue weighted by atomic mass is 9.97. The van der Waals surface area contributed by atoms with Crippen LogP contribution in [-0.2, 0) is 11.3 Å². The van der Waals surface area contributed by atoms with Crippen molar-refractivity contribution >= 4 is 17.6 Å². The molecule has 33 heavy (non-hydrogen) atoms. The minimum atomic E-state index is -0.655. The molecule has 1 saturated carbocycles. The van der Waals surface area contributed by atoms with Gasteiger partial charge < -0.3 is 14.2 Å². The number of hydrogen-bond acceptors (Lipinski definition) is 6. The van der Waals surface area contributed by atoms with E-state index in [0.29, 0.717) is 41.7 Å². The van der Waals surface area contributed by atoms with E-state index in [1.807, 2.05) is 19.2 Å². The number of piperidine rings is 1. The maximum absolute atomic E-state index is 14.5. The van der Waals surface area contributed by atoms with E-state index < -0.39 is 11.8 Å². The Bertz CT molecular complexity index is 991. The molecule has 2 aliphatic rings. The van der Waals surface area contributed by atoms with E-state index in [1.54, 1.807) is 6.07 Å². The summed E-state index contributed by atoms with van der Waals surface area (Å²) in [5, 5.41) is 0.537. The predicted molar refractivity (Wildman–Crippen MR) is 124 cm³/mol. The van der Waals surface area contributed by atoms with Crippen LogP contribution in [0.1, 0.15) is 60.0 Å². The van der Waals surface area contributed by atoms with Crippen molar-refractivity contribution in [2.75, 3.05) is 33.4 Å². The van der Waals surface area contributed by atoms with Gasteiger partial charge in [-0.05, 0) is 80.8 Å². The summed E-state index contributed by atoms with van der Waals surface area (Å²) in [5.41, 5.74) is 1.95. The van der Waals surface area contributed by atoms with Gasteiger partial charge in [0.15, 0.2) is 0 Å². The Hall–Kier alpha value is -2.38. The number of aromatic nitrogens is 1. The molecule has 0 spiro atoms. The molecule has 0 N–H and O–H groups in total. The Morgan fingerprint density at radius 3 is 2.58 bits per heavy atom. The molecule has 0 bridgehead atoms. The van der Waals surface area contributed by atoms with E-state index >= 15 is 0 Å². The van der Waals surface area contributed by atoms with Gasteiger partial charge in [0.05, 0.1) is 25.9 Å². The zero-order chi connectivity index (χ0) is 23.4. The van der Waals surface area contributed by atoms with Crippen LogP contribution in [0.3, 0.4) is 0 Å². The quantitative estimate of drug-likeness (QED) is 0.462. The lowest BCUT2D eigenvalue weighted by molar-refractivity contribution is 0.0595. The molecule has 0 unspecified atom stereocenters. The average Bonchev–Trinajstić information content (AvgIpc) is 3.65. The van der Waals surface area contributed by atoms with Crippen LogP contribution >= 0.6 is 11.6 Å². The molecule has 1 aromatic heterocycles. The summed E-state index contributed by atoms with van der Waals surface area (Å²) in [6.07, 6.45) is 5.88. The van der Waals surface area contributed by atoms with Gasteiger partial charge >= 0.3 is 5.97 Å². The molecule has 1 aliphatic heterocycles. The summed E-state index contributed by atoms with van der Waals surface area (Å²) in [5.74, 6) is 0.510. The van der Waals surface area contributed by atoms with E-state index in [4.69, 9.17) is 25.8 Å². The van der Waals surface area contributed by atoms with Crippen molar-refractivity contribution in [1.82, 2.24) is 9.88 Å². The molecule has 6 nitrogen and oxygen atoms in total. The second kappa shape index (κ2) is 10.7. The normalized spacial score (nSPS) is 17.1. The van der Waals surface area contributed by atoms with Crippen molar-refractivity contribution in [3.63, 3.8) is 0 Å². The van der Waals surface area contributed by atoms with E-state index in [1.165, 1.54) is 13.2 Å². The highest BCUT2D eigenvalue weighted by atomic mass is 35.5. The molecule has 0 radical (unpaired) electrons. The topological polar surface area (TPSA) is 60.9 Å². The molecule has 178 valence electrons. The van der Waals surface area contributed by atoms with Gasteiger partial charge in [-0.25, -0.2) is 14.2 Å². The first-order valence-electron chi connectivity index (χ1n) is 11.5. The SMILES string of the molecule is CCOc1ncc(CN2CCC(COc3cc(F)c(C(=O)OC)cc3C3CC3)CC2)cc1Cl. The fourth-order valence-electron chi connectivity index (χ4n) is 4.25. The van der Waals surface area contributed by atoms with Crippen molar-refractivity contribution in [3.8, 4) is 11.6 Å². The number of esters is 1. The number of methoxy groups -OCH3 is 1. The van der Waals surface area contributed by atoms with Gasteiger partial charge in [-0.3, -0.25) is 4.90 Å². The van der Waals surface area contributed by atoms with Crippen LogP contribution in [0.15, 0.2) is 24.4 Å². The zero-order valence-electron chi connectivity index (χ0n) is 19.1. The average molecular weight is 477 g/mol. The van der Waals surface area contributed by atoms with Crippen molar-refractivity contribution in [3.05, 3.63) is 51.9 Å². The van der Waals surface area contributed by atoms with Gasteiger partial charge in [0, 0.05) is 18.8 Å². The summed E-state index contributed by atoms with van der Waals surface area (Å²) >= 11 is 6.26. The molecule has 2 heterocycles. The molecule has 8 heteroatoms. The van der Waals surface area contributed by atoms with Gasteiger partial charge in [-0.2, -0.15) is 0 Å². The molecule has 1 aliphatic carbocycles. The third-order valence-electron chi connectivity index (χ3n) is 6.25. The number of likely N-dealkylation sites (tertiary alicyclic amines) is 1. The second-order valence-corrected chi connectivity index (χ2v) is 9.14. The molecule has 2 aromatic rings. The number of benzene rings is 1. The van der Waals surface area contributed by atoms with Crippen LogP contribution in [0.5, 0.6) is 11.6 Å². The number of pyridine rings is 1. The summed E-state index contributed by atoms with van der Waals surface area (Å²) in [4.78, 5) is 18.5. The maximum atomic E-state index is 14.5. The molecule has 1 aromatic carbocycles. The number of halogens is 2. The molecule has 0 amide bonds. The fraction of sp³-hybridized carbons (Fsp3) is 0.520. The van der Waals surface area contributed by atoms with Gasteiger partial charge in [-0.15, -0.1) is 0 Å². The number of carbonyl (C=O) groups excluding carboxylic acids is 1. The summed E-state index contributed by atoms with van der Waals surface area (Å²) in [7, 11) is 1.26. The van der Waals surface area contributed by atoms with Crippen LogP contribution in [0.4, 0.5) is 4.39 Å². The largest absolute Gasteiger partial charge is 0.493 e. The zero-order valence-corrected chi connectivity index (χ0v) is 19.9. The first-order chi connectivity index (χ1) is 16.0. The Morgan fingerprint density at radius 1 is 1.18 bits per heavy atom. The molecule has 4 rings (SSSR count). The van der Waals surface area contributed by atoms with Gasteiger partial charge in [0.25, 0.3) is 0 Å². The standard InChI is InChI=1S/C25H30ClFN2O4/c1-3-32-24-21(26)10-17(13-28-24)14-29-8-6-16(7-9-29)15-33-23-12-22(27)20(25(30)31-2)11-19(23)18-4-5-18/h10-13,16,18H,3-9,14-15H2,1-2H3. The van der Waals surface area contributed by atoms with Crippen LogP contribution in [0, 0.1) is 11.7 Å².